The second-order valence-electron chi connectivity index (χ2n) is 8.46. The smallest absolute Gasteiger partial charge is 0.256 e. The van der Waals surface area contributed by atoms with Crippen LogP contribution in [-0.2, 0) is 16.1 Å². The number of ether oxygens (including phenoxy) is 1. The van der Waals surface area contributed by atoms with Crippen LogP contribution in [0.15, 0.2) is 48.5 Å². The van der Waals surface area contributed by atoms with Gasteiger partial charge in [0.2, 0.25) is 5.91 Å². The van der Waals surface area contributed by atoms with Gasteiger partial charge in [0.15, 0.2) is 0 Å². The molecule has 0 radical (unpaired) electrons. The van der Waals surface area contributed by atoms with Crippen LogP contribution in [0.5, 0.6) is 0 Å². The Labute approximate surface area is 192 Å². The Bertz CT molecular complexity index is 959. The maximum Gasteiger partial charge on any atom is 0.256 e. The van der Waals surface area contributed by atoms with Crippen LogP contribution in [0.4, 0.5) is 0 Å². The molecule has 0 aromatic heterocycles. The number of benzene rings is 2. The molecule has 2 fully saturated rings. The zero-order chi connectivity index (χ0) is 22.0. The summed E-state index contributed by atoms with van der Waals surface area (Å²) in [5.41, 5.74) is 0.641. The number of halogens is 2. The number of amides is 2. The largest absolute Gasteiger partial charge is 0.353 e. The van der Waals surface area contributed by atoms with Crippen LogP contribution in [-0.4, -0.2) is 35.1 Å². The molecule has 1 aliphatic carbocycles. The SMILES string of the molecule is CC1CCC2(CC1)OC[C@H](C(=O)NCc1ccccc1)N2C(=O)c1ccc(Cl)c(Cl)c1. The number of hydrogen-bond donors (Lipinski definition) is 1. The Morgan fingerprint density at radius 2 is 1.81 bits per heavy atom. The van der Waals surface area contributed by atoms with E-state index < -0.39 is 11.8 Å². The van der Waals surface area contributed by atoms with Crippen molar-refractivity contribution in [2.24, 2.45) is 5.92 Å². The molecule has 4 rings (SSSR count). The number of nitrogens with zero attached hydrogens (tertiary/aromatic N) is 1. The first-order valence-corrected chi connectivity index (χ1v) is 11.4. The minimum absolute atomic E-state index is 0.183. The van der Waals surface area contributed by atoms with Crippen molar-refractivity contribution in [2.45, 2.75) is 50.9 Å². The maximum absolute atomic E-state index is 13.6. The Morgan fingerprint density at radius 1 is 1.10 bits per heavy atom. The summed E-state index contributed by atoms with van der Waals surface area (Å²) in [6.45, 7) is 2.79. The van der Waals surface area contributed by atoms with Crippen LogP contribution < -0.4 is 5.32 Å². The summed E-state index contributed by atoms with van der Waals surface area (Å²) in [7, 11) is 0. The topological polar surface area (TPSA) is 58.6 Å². The van der Waals surface area contributed by atoms with E-state index in [1.165, 1.54) is 0 Å². The van der Waals surface area contributed by atoms with E-state index in [0.717, 1.165) is 18.4 Å². The van der Waals surface area contributed by atoms with Gasteiger partial charge in [-0.05, 0) is 55.4 Å². The molecule has 1 N–H and O–H groups in total. The van der Waals surface area contributed by atoms with Crippen LogP contribution in [0.2, 0.25) is 10.0 Å². The van der Waals surface area contributed by atoms with E-state index in [0.29, 0.717) is 40.9 Å². The van der Waals surface area contributed by atoms with Crippen molar-refractivity contribution in [1.82, 2.24) is 10.2 Å². The van der Waals surface area contributed by atoms with E-state index in [4.69, 9.17) is 27.9 Å². The first kappa shape index (κ1) is 22.1. The van der Waals surface area contributed by atoms with Gasteiger partial charge in [0.05, 0.1) is 16.7 Å². The predicted molar refractivity (Wildman–Crippen MR) is 121 cm³/mol. The highest BCUT2D eigenvalue weighted by atomic mass is 35.5. The number of carbonyl (C=O) groups excluding carboxylic acids is 2. The van der Waals surface area contributed by atoms with Gasteiger partial charge in [-0.1, -0.05) is 60.5 Å². The van der Waals surface area contributed by atoms with Crippen LogP contribution >= 0.6 is 23.2 Å². The lowest BCUT2D eigenvalue weighted by Gasteiger charge is -2.43. The average Bonchev–Trinajstić information content (AvgIpc) is 3.15. The van der Waals surface area contributed by atoms with E-state index in [-0.39, 0.29) is 18.4 Å². The van der Waals surface area contributed by atoms with Crippen LogP contribution in [0.1, 0.15) is 48.5 Å². The van der Waals surface area contributed by atoms with Gasteiger partial charge in [0.1, 0.15) is 11.8 Å². The summed E-state index contributed by atoms with van der Waals surface area (Å²) in [6, 6.07) is 13.8. The van der Waals surface area contributed by atoms with E-state index >= 15 is 0 Å². The van der Waals surface area contributed by atoms with Crippen LogP contribution in [0.25, 0.3) is 0 Å². The molecule has 2 aromatic carbocycles. The molecule has 2 aliphatic rings. The number of rotatable bonds is 4. The highest BCUT2D eigenvalue weighted by Crippen LogP contribution is 2.43. The molecule has 0 bridgehead atoms. The van der Waals surface area contributed by atoms with Gasteiger partial charge in [-0.2, -0.15) is 0 Å². The molecule has 0 unspecified atom stereocenters. The molecular formula is C24H26Cl2N2O3. The summed E-state index contributed by atoms with van der Waals surface area (Å²) < 4.78 is 6.21. The van der Waals surface area contributed by atoms with Crippen molar-refractivity contribution < 1.29 is 14.3 Å². The minimum atomic E-state index is -0.759. The van der Waals surface area contributed by atoms with E-state index in [1.807, 2.05) is 30.3 Å². The first-order chi connectivity index (χ1) is 14.9. The molecule has 1 saturated carbocycles. The fraction of sp³-hybridized carbons (Fsp3) is 0.417. The fourth-order valence-corrected chi connectivity index (χ4v) is 4.75. The predicted octanol–water partition coefficient (Wildman–Crippen LogP) is 5.06. The quantitative estimate of drug-likeness (QED) is 0.693. The van der Waals surface area contributed by atoms with Gasteiger partial charge in [-0.3, -0.25) is 14.5 Å². The van der Waals surface area contributed by atoms with Crippen molar-refractivity contribution in [1.29, 1.82) is 0 Å². The van der Waals surface area contributed by atoms with Gasteiger partial charge in [0, 0.05) is 12.1 Å². The molecule has 1 atom stereocenters. The van der Waals surface area contributed by atoms with Gasteiger partial charge in [0.25, 0.3) is 5.91 Å². The van der Waals surface area contributed by atoms with Crippen molar-refractivity contribution in [3.05, 3.63) is 69.7 Å². The molecular weight excluding hydrogens is 435 g/mol. The van der Waals surface area contributed by atoms with E-state index in [1.54, 1.807) is 23.1 Å². The lowest BCUT2D eigenvalue weighted by Crippen LogP contribution is -2.56. The van der Waals surface area contributed by atoms with Gasteiger partial charge in [-0.25, -0.2) is 0 Å². The Kier molecular flexibility index (Phi) is 6.56. The average molecular weight is 461 g/mol. The monoisotopic (exact) mass is 460 g/mol. The third-order valence-corrected chi connectivity index (χ3v) is 7.05. The third kappa shape index (κ3) is 4.59. The van der Waals surface area contributed by atoms with Crippen LogP contribution in [0, 0.1) is 5.92 Å². The Hall–Kier alpha value is -2.08. The van der Waals surface area contributed by atoms with E-state index in [2.05, 4.69) is 12.2 Å². The molecule has 2 amide bonds. The highest BCUT2D eigenvalue weighted by Gasteiger charge is 2.53. The molecule has 1 saturated heterocycles. The minimum Gasteiger partial charge on any atom is -0.353 e. The summed E-state index contributed by atoms with van der Waals surface area (Å²) in [5.74, 6) is 0.0975. The standard InChI is InChI=1S/C24H26Cl2N2O3/c1-16-9-11-24(12-10-16)28(23(30)18-7-8-19(25)20(26)13-18)21(15-31-24)22(29)27-14-17-5-3-2-4-6-17/h2-8,13,16,21H,9-12,14-15H2,1H3,(H,27,29)/t16?,21-,24?/m1/s1. The summed E-state index contributed by atoms with van der Waals surface area (Å²) in [5, 5.41) is 3.66. The van der Waals surface area contributed by atoms with Crippen molar-refractivity contribution >= 4 is 35.0 Å². The molecule has 1 spiro atoms. The molecule has 2 aromatic rings. The third-order valence-electron chi connectivity index (χ3n) is 6.31. The lowest BCUT2D eigenvalue weighted by atomic mass is 9.83. The van der Waals surface area contributed by atoms with Crippen molar-refractivity contribution in [3.8, 4) is 0 Å². The zero-order valence-corrected chi connectivity index (χ0v) is 19.0. The maximum atomic E-state index is 13.6. The Balaban J connectivity index is 1.60. The normalized spacial score (nSPS) is 25.6. The van der Waals surface area contributed by atoms with Gasteiger partial charge < -0.3 is 10.1 Å². The first-order valence-electron chi connectivity index (χ1n) is 10.6. The van der Waals surface area contributed by atoms with E-state index in [9.17, 15) is 9.59 Å². The second kappa shape index (κ2) is 9.19. The molecule has 31 heavy (non-hydrogen) atoms. The number of nitrogens with one attached hydrogen (secondary N) is 1. The molecule has 5 nitrogen and oxygen atoms in total. The lowest BCUT2D eigenvalue weighted by molar-refractivity contribution is -0.128. The van der Waals surface area contributed by atoms with Crippen molar-refractivity contribution in [2.75, 3.05) is 6.61 Å². The van der Waals surface area contributed by atoms with Gasteiger partial charge >= 0.3 is 0 Å². The summed E-state index contributed by atoms with van der Waals surface area (Å²) in [6.07, 6.45) is 3.32. The molecule has 1 aliphatic heterocycles. The highest BCUT2D eigenvalue weighted by molar-refractivity contribution is 6.42. The van der Waals surface area contributed by atoms with Crippen molar-refractivity contribution in [3.63, 3.8) is 0 Å². The second-order valence-corrected chi connectivity index (χ2v) is 9.28. The molecule has 164 valence electrons. The van der Waals surface area contributed by atoms with Crippen LogP contribution in [0.3, 0.4) is 0 Å². The fourth-order valence-electron chi connectivity index (χ4n) is 4.45. The number of carbonyl (C=O) groups is 2. The molecule has 1 heterocycles. The molecule has 7 heteroatoms. The summed E-state index contributed by atoms with van der Waals surface area (Å²) >= 11 is 12.2. The number of hydrogen-bond acceptors (Lipinski definition) is 3. The van der Waals surface area contributed by atoms with Gasteiger partial charge in [-0.15, -0.1) is 0 Å². The zero-order valence-electron chi connectivity index (χ0n) is 17.4. The summed E-state index contributed by atoms with van der Waals surface area (Å²) in [4.78, 5) is 28.4. The Morgan fingerprint density at radius 3 is 2.48 bits per heavy atom.